The van der Waals surface area contributed by atoms with Gasteiger partial charge in [-0.25, -0.2) is 0 Å². The van der Waals surface area contributed by atoms with Crippen molar-refractivity contribution in [3.05, 3.63) is 12.3 Å². The minimum absolute atomic E-state index is 0.711. The fourth-order valence-electron chi connectivity index (χ4n) is 0.479. The summed E-state index contributed by atoms with van der Waals surface area (Å²) in [5.74, 6) is 5.82. The molecule has 0 rings (SSSR count). The minimum atomic E-state index is 0.711. The van der Waals surface area contributed by atoms with Gasteiger partial charge in [-0.15, -0.1) is 0 Å². The monoisotopic (exact) mass is 150 g/mol. The molecule has 2 nitrogen and oxygen atoms in total. The number of hydrogen-bond acceptors (Lipinski definition) is 2. The summed E-state index contributed by atoms with van der Waals surface area (Å²) in [4.78, 5) is 4.05. The Morgan fingerprint density at radius 3 is 2.91 bits per heavy atom. The lowest BCUT2D eigenvalue weighted by Gasteiger charge is -1.83. The van der Waals surface area contributed by atoms with E-state index in [1.807, 2.05) is 27.0 Å². The van der Waals surface area contributed by atoms with Gasteiger partial charge in [0.15, 0.2) is 0 Å². The van der Waals surface area contributed by atoms with Crippen molar-refractivity contribution in [2.24, 2.45) is 4.99 Å². The molecule has 0 aliphatic carbocycles. The predicted octanol–water partition coefficient (Wildman–Crippen LogP) is 1.20. The van der Waals surface area contributed by atoms with E-state index in [2.05, 4.69) is 22.2 Å². The Hall–Kier alpha value is -1.07. The molecule has 1 N–H and O–H groups in total. The smallest absolute Gasteiger partial charge is 0.0868 e. The van der Waals surface area contributed by atoms with Crippen LogP contribution >= 0.6 is 0 Å². The summed E-state index contributed by atoms with van der Waals surface area (Å²) in [5.41, 5.74) is 0.846. The maximum atomic E-state index is 4.05. The summed E-state index contributed by atoms with van der Waals surface area (Å²) >= 11 is 0. The van der Waals surface area contributed by atoms with Crippen molar-refractivity contribution >= 4 is 5.71 Å². The maximum absolute atomic E-state index is 4.05. The summed E-state index contributed by atoms with van der Waals surface area (Å²) in [6.07, 6.45) is 3.62. The standard InChI is InChI=1S/C9H14N2/c1-4-7-11-9(2)6-5-8-10-3/h4,7,10H,8H2,1-3H3/b7-4-,11-9?. The molecule has 0 unspecified atom stereocenters. The number of nitrogens with zero attached hydrogens (tertiary/aromatic N) is 1. The average molecular weight is 150 g/mol. The number of aliphatic imine (C=N–C) groups is 1. The van der Waals surface area contributed by atoms with Gasteiger partial charge >= 0.3 is 0 Å². The van der Waals surface area contributed by atoms with Crippen LogP contribution in [0.4, 0.5) is 0 Å². The molecule has 0 aliphatic heterocycles. The topological polar surface area (TPSA) is 24.4 Å². The molecule has 0 amide bonds. The molecule has 0 bridgehead atoms. The second-order valence-electron chi connectivity index (χ2n) is 2.03. The van der Waals surface area contributed by atoms with Gasteiger partial charge in [0.25, 0.3) is 0 Å². The maximum Gasteiger partial charge on any atom is 0.0868 e. The molecule has 60 valence electrons. The van der Waals surface area contributed by atoms with E-state index in [9.17, 15) is 0 Å². The Balaban J connectivity index is 3.87. The van der Waals surface area contributed by atoms with Crippen LogP contribution < -0.4 is 5.32 Å². The summed E-state index contributed by atoms with van der Waals surface area (Å²) in [7, 11) is 1.87. The SMILES string of the molecule is C/C=C\N=C(C)C#CCNC. The fourth-order valence-corrected chi connectivity index (χ4v) is 0.479. The highest BCUT2D eigenvalue weighted by Crippen LogP contribution is 1.77. The molecular formula is C9H14N2. The van der Waals surface area contributed by atoms with Crippen molar-refractivity contribution in [2.75, 3.05) is 13.6 Å². The zero-order valence-electron chi connectivity index (χ0n) is 7.31. The van der Waals surface area contributed by atoms with Crippen LogP contribution in [0.25, 0.3) is 0 Å². The van der Waals surface area contributed by atoms with Gasteiger partial charge in [-0.3, -0.25) is 4.99 Å². The Morgan fingerprint density at radius 2 is 2.36 bits per heavy atom. The van der Waals surface area contributed by atoms with Gasteiger partial charge in [-0.2, -0.15) is 0 Å². The molecule has 0 fully saturated rings. The van der Waals surface area contributed by atoms with Crippen LogP contribution in [0.2, 0.25) is 0 Å². The number of hydrogen-bond donors (Lipinski definition) is 1. The lowest BCUT2D eigenvalue weighted by molar-refractivity contribution is 0.938. The summed E-state index contributed by atoms with van der Waals surface area (Å²) in [6.45, 7) is 4.53. The molecule has 0 aromatic carbocycles. The molecule has 0 atom stereocenters. The van der Waals surface area contributed by atoms with E-state index < -0.39 is 0 Å². The van der Waals surface area contributed by atoms with Crippen molar-refractivity contribution in [3.63, 3.8) is 0 Å². The van der Waals surface area contributed by atoms with Gasteiger partial charge in [0.05, 0.1) is 12.3 Å². The lowest BCUT2D eigenvalue weighted by Crippen LogP contribution is -2.04. The number of allylic oxidation sites excluding steroid dienone is 1. The van der Waals surface area contributed by atoms with E-state index >= 15 is 0 Å². The molecule has 0 saturated carbocycles. The van der Waals surface area contributed by atoms with E-state index in [1.54, 1.807) is 6.20 Å². The first-order valence-electron chi connectivity index (χ1n) is 3.60. The van der Waals surface area contributed by atoms with Crippen LogP contribution in [0.15, 0.2) is 17.3 Å². The van der Waals surface area contributed by atoms with Gasteiger partial charge in [-0.05, 0) is 20.9 Å². The first-order chi connectivity index (χ1) is 5.31. The highest BCUT2D eigenvalue weighted by molar-refractivity contribution is 5.98. The zero-order chi connectivity index (χ0) is 8.53. The average Bonchev–Trinajstić information content (AvgIpc) is 2.01. The highest BCUT2D eigenvalue weighted by atomic mass is 14.8. The van der Waals surface area contributed by atoms with E-state index in [-0.39, 0.29) is 0 Å². The number of nitrogens with one attached hydrogen (secondary N) is 1. The van der Waals surface area contributed by atoms with Gasteiger partial charge in [0, 0.05) is 6.20 Å². The van der Waals surface area contributed by atoms with Crippen LogP contribution in [0.1, 0.15) is 13.8 Å². The van der Waals surface area contributed by atoms with Crippen molar-refractivity contribution in [2.45, 2.75) is 13.8 Å². The van der Waals surface area contributed by atoms with Crippen LogP contribution in [-0.4, -0.2) is 19.3 Å². The van der Waals surface area contributed by atoms with Gasteiger partial charge in [0.1, 0.15) is 0 Å². The molecule has 0 aromatic rings. The van der Waals surface area contributed by atoms with E-state index in [4.69, 9.17) is 0 Å². The molecule has 0 aromatic heterocycles. The first kappa shape index (κ1) is 9.93. The summed E-state index contributed by atoms with van der Waals surface area (Å²) in [6, 6.07) is 0. The van der Waals surface area contributed by atoms with Crippen molar-refractivity contribution in [1.29, 1.82) is 0 Å². The third-order valence-corrected chi connectivity index (χ3v) is 0.952. The molecule has 0 radical (unpaired) electrons. The second kappa shape index (κ2) is 7.04. The van der Waals surface area contributed by atoms with Crippen LogP contribution in [0.3, 0.4) is 0 Å². The van der Waals surface area contributed by atoms with Crippen LogP contribution in [0.5, 0.6) is 0 Å². The Labute approximate surface area is 68.4 Å². The Bertz CT molecular complexity index is 203. The van der Waals surface area contributed by atoms with Crippen molar-refractivity contribution in [1.82, 2.24) is 5.32 Å². The molecule has 0 saturated heterocycles. The second-order valence-corrected chi connectivity index (χ2v) is 2.03. The Kier molecular flexibility index (Phi) is 6.36. The predicted molar refractivity (Wildman–Crippen MR) is 49.6 cm³/mol. The normalized spacial score (nSPS) is 11.4. The first-order valence-corrected chi connectivity index (χ1v) is 3.60. The Morgan fingerprint density at radius 1 is 1.64 bits per heavy atom. The highest BCUT2D eigenvalue weighted by Gasteiger charge is 1.76. The fraction of sp³-hybridized carbons (Fsp3) is 0.444. The van der Waals surface area contributed by atoms with E-state index in [0.29, 0.717) is 6.54 Å². The van der Waals surface area contributed by atoms with Gasteiger partial charge in [-0.1, -0.05) is 17.9 Å². The van der Waals surface area contributed by atoms with Gasteiger partial charge < -0.3 is 5.32 Å². The molecule has 0 spiro atoms. The minimum Gasteiger partial charge on any atom is -0.309 e. The molecule has 2 heteroatoms. The van der Waals surface area contributed by atoms with Gasteiger partial charge in [0.2, 0.25) is 0 Å². The number of rotatable bonds is 2. The van der Waals surface area contributed by atoms with Crippen molar-refractivity contribution < 1.29 is 0 Å². The van der Waals surface area contributed by atoms with E-state index in [1.165, 1.54) is 0 Å². The largest absolute Gasteiger partial charge is 0.309 e. The molecular weight excluding hydrogens is 136 g/mol. The van der Waals surface area contributed by atoms with Crippen LogP contribution in [0, 0.1) is 11.8 Å². The molecule has 11 heavy (non-hydrogen) atoms. The zero-order valence-corrected chi connectivity index (χ0v) is 7.31. The third kappa shape index (κ3) is 6.82. The van der Waals surface area contributed by atoms with Crippen LogP contribution in [-0.2, 0) is 0 Å². The quantitative estimate of drug-likeness (QED) is 0.464. The molecule has 0 aliphatic rings. The van der Waals surface area contributed by atoms with Crippen molar-refractivity contribution in [3.8, 4) is 11.8 Å². The summed E-state index contributed by atoms with van der Waals surface area (Å²) in [5, 5.41) is 2.93. The lowest BCUT2D eigenvalue weighted by atomic mass is 10.4. The van der Waals surface area contributed by atoms with E-state index in [0.717, 1.165) is 5.71 Å². The third-order valence-electron chi connectivity index (χ3n) is 0.952. The molecule has 0 heterocycles. The summed E-state index contributed by atoms with van der Waals surface area (Å²) < 4.78 is 0.